The molecule has 0 aromatic heterocycles. The van der Waals surface area contributed by atoms with Crippen LogP contribution in [0.1, 0.15) is 194 Å². The first-order valence-corrected chi connectivity index (χ1v) is 20.9. The zero-order valence-corrected chi connectivity index (χ0v) is 31.9. The average Bonchev–Trinajstić information content (AvgIpc) is 3.08. The van der Waals surface area contributed by atoms with Crippen molar-refractivity contribution < 1.29 is 28.8 Å². The molecule has 47 heavy (non-hydrogen) atoms. The Hall–Kier alpha value is -0.240. The predicted molar refractivity (Wildman–Crippen MR) is 201 cm³/mol. The van der Waals surface area contributed by atoms with E-state index in [2.05, 4.69) is 13.8 Å². The van der Waals surface area contributed by atoms with Crippen molar-refractivity contribution in [3.63, 3.8) is 0 Å². The van der Waals surface area contributed by atoms with Crippen LogP contribution in [-0.2, 0) is 23.7 Å². The van der Waals surface area contributed by atoms with Crippen LogP contribution in [0.3, 0.4) is 0 Å². The highest BCUT2D eigenvalue weighted by molar-refractivity contribution is 4.57. The van der Waals surface area contributed by atoms with Gasteiger partial charge >= 0.3 is 0 Å². The quantitative estimate of drug-likeness (QED) is 0.0650. The van der Waals surface area contributed by atoms with E-state index in [1.54, 1.807) is 0 Å². The Morgan fingerprint density at radius 1 is 0.319 bits per heavy atom. The molecule has 6 heteroatoms. The number of aliphatic hydroxyl groups excluding tert-OH is 1. The van der Waals surface area contributed by atoms with Crippen molar-refractivity contribution >= 4 is 0 Å². The van der Waals surface area contributed by atoms with Crippen molar-refractivity contribution in [1.82, 2.24) is 0 Å². The second-order valence-electron chi connectivity index (χ2n) is 13.8. The standard InChI is InChI=1S/C41H84O6/c1-3-5-7-9-11-13-15-17-19-21-23-25-27-29-32-45-39-41(40-46-38-37-44-36-35-43-34-31-42)47-33-30-28-26-24-22-20-18-16-14-12-10-8-6-4-2/h41-42H,3-40H2,1-2H3/t41-/m1/s1. The third-order valence-electron chi connectivity index (χ3n) is 9.08. The molecule has 1 atom stereocenters. The van der Waals surface area contributed by atoms with Gasteiger partial charge in [0.1, 0.15) is 6.10 Å². The van der Waals surface area contributed by atoms with Crippen LogP contribution in [0.4, 0.5) is 0 Å². The van der Waals surface area contributed by atoms with E-state index in [0.29, 0.717) is 46.2 Å². The van der Waals surface area contributed by atoms with Gasteiger partial charge in [-0.15, -0.1) is 0 Å². The van der Waals surface area contributed by atoms with Gasteiger partial charge in [0, 0.05) is 13.2 Å². The molecular weight excluding hydrogens is 588 g/mol. The number of unbranched alkanes of at least 4 members (excludes halogenated alkanes) is 26. The molecule has 1 N–H and O–H groups in total. The molecule has 0 aliphatic carbocycles. The maximum absolute atomic E-state index is 8.75. The van der Waals surface area contributed by atoms with E-state index in [1.807, 2.05) is 0 Å². The molecule has 0 aliphatic heterocycles. The van der Waals surface area contributed by atoms with E-state index < -0.39 is 0 Å². The molecule has 0 bridgehead atoms. The van der Waals surface area contributed by atoms with E-state index in [4.69, 9.17) is 28.8 Å². The van der Waals surface area contributed by atoms with Gasteiger partial charge in [-0.2, -0.15) is 0 Å². The molecule has 0 aromatic rings. The molecule has 0 fully saturated rings. The van der Waals surface area contributed by atoms with E-state index in [0.717, 1.165) is 26.1 Å². The van der Waals surface area contributed by atoms with Gasteiger partial charge in [-0.3, -0.25) is 0 Å². The van der Waals surface area contributed by atoms with Gasteiger partial charge in [-0.25, -0.2) is 0 Å². The Morgan fingerprint density at radius 2 is 0.617 bits per heavy atom. The Balaban J connectivity index is 3.84. The van der Waals surface area contributed by atoms with Crippen molar-refractivity contribution in [2.24, 2.45) is 0 Å². The fraction of sp³-hybridized carbons (Fsp3) is 1.00. The summed E-state index contributed by atoms with van der Waals surface area (Å²) >= 11 is 0. The van der Waals surface area contributed by atoms with Crippen molar-refractivity contribution in [3.8, 4) is 0 Å². The van der Waals surface area contributed by atoms with Gasteiger partial charge in [0.25, 0.3) is 0 Å². The van der Waals surface area contributed by atoms with Crippen molar-refractivity contribution in [3.05, 3.63) is 0 Å². The maximum atomic E-state index is 8.75. The van der Waals surface area contributed by atoms with E-state index >= 15 is 0 Å². The summed E-state index contributed by atoms with van der Waals surface area (Å²) in [6.07, 6.45) is 38.4. The van der Waals surface area contributed by atoms with Gasteiger partial charge in [-0.1, -0.05) is 181 Å². The fourth-order valence-corrected chi connectivity index (χ4v) is 6.02. The van der Waals surface area contributed by atoms with Gasteiger partial charge in [0.05, 0.1) is 52.9 Å². The first-order valence-electron chi connectivity index (χ1n) is 20.9. The van der Waals surface area contributed by atoms with Gasteiger partial charge in [-0.05, 0) is 12.8 Å². The summed E-state index contributed by atoms with van der Waals surface area (Å²) < 4.78 is 28.9. The van der Waals surface area contributed by atoms with E-state index in [1.165, 1.54) is 167 Å². The first kappa shape index (κ1) is 46.8. The maximum Gasteiger partial charge on any atom is 0.104 e. The number of rotatable bonds is 43. The largest absolute Gasteiger partial charge is 0.394 e. The topological polar surface area (TPSA) is 66.4 Å². The van der Waals surface area contributed by atoms with Gasteiger partial charge in [0.15, 0.2) is 0 Å². The Bertz CT molecular complexity index is 534. The Kier molecular flexibility index (Phi) is 43.6. The predicted octanol–water partition coefficient (Wildman–Crippen LogP) is 11.4. The minimum absolute atomic E-state index is 0.0171. The van der Waals surface area contributed by atoms with Crippen LogP contribution in [0.15, 0.2) is 0 Å². The number of aliphatic hydroxyl groups is 1. The summed E-state index contributed by atoms with van der Waals surface area (Å²) in [5, 5.41) is 8.75. The average molecular weight is 673 g/mol. The number of ether oxygens (including phenoxy) is 5. The molecule has 0 spiro atoms. The molecule has 0 saturated carbocycles. The van der Waals surface area contributed by atoms with Crippen LogP contribution in [0.25, 0.3) is 0 Å². The molecule has 0 heterocycles. The molecule has 0 rings (SSSR count). The SMILES string of the molecule is CCCCCCCCCCCCCCCCOC[C@H](COCCOCCOCCO)OCCCCCCCCCCCCCCCC. The highest BCUT2D eigenvalue weighted by Gasteiger charge is 2.10. The van der Waals surface area contributed by atoms with Crippen LogP contribution in [0, 0.1) is 0 Å². The lowest BCUT2D eigenvalue weighted by atomic mass is 10.0. The lowest BCUT2D eigenvalue weighted by Crippen LogP contribution is -2.27. The Morgan fingerprint density at radius 3 is 1.00 bits per heavy atom. The minimum Gasteiger partial charge on any atom is -0.394 e. The van der Waals surface area contributed by atoms with Crippen LogP contribution < -0.4 is 0 Å². The summed E-state index contributed by atoms with van der Waals surface area (Å²) in [6, 6.07) is 0. The lowest BCUT2D eigenvalue weighted by Gasteiger charge is -2.18. The van der Waals surface area contributed by atoms with Gasteiger partial charge in [0.2, 0.25) is 0 Å². The fourth-order valence-electron chi connectivity index (χ4n) is 6.02. The zero-order valence-electron chi connectivity index (χ0n) is 31.9. The second-order valence-corrected chi connectivity index (χ2v) is 13.8. The first-order chi connectivity index (χ1) is 23.3. The molecule has 0 saturated heterocycles. The monoisotopic (exact) mass is 673 g/mol. The van der Waals surface area contributed by atoms with Crippen molar-refractivity contribution in [2.75, 3.05) is 66.1 Å². The molecule has 0 aliphatic rings. The van der Waals surface area contributed by atoms with Crippen LogP contribution in [0.2, 0.25) is 0 Å². The van der Waals surface area contributed by atoms with E-state index in [9.17, 15) is 0 Å². The summed E-state index contributed by atoms with van der Waals surface area (Å²) in [5.41, 5.74) is 0. The molecule has 284 valence electrons. The smallest absolute Gasteiger partial charge is 0.104 e. The molecule has 0 aromatic carbocycles. The van der Waals surface area contributed by atoms with Crippen molar-refractivity contribution in [1.29, 1.82) is 0 Å². The summed E-state index contributed by atoms with van der Waals surface area (Å²) in [4.78, 5) is 0. The molecule has 0 radical (unpaired) electrons. The second kappa shape index (κ2) is 43.8. The summed E-state index contributed by atoms with van der Waals surface area (Å²) in [7, 11) is 0. The van der Waals surface area contributed by atoms with Crippen LogP contribution in [0.5, 0.6) is 0 Å². The normalized spacial score (nSPS) is 12.3. The zero-order chi connectivity index (χ0) is 34.0. The third-order valence-corrected chi connectivity index (χ3v) is 9.08. The van der Waals surface area contributed by atoms with Gasteiger partial charge < -0.3 is 28.8 Å². The van der Waals surface area contributed by atoms with E-state index in [-0.39, 0.29) is 12.7 Å². The third kappa shape index (κ3) is 41.8. The molecule has 0 unspecified atom stereocenters. The van der Waals surface area contributed by atoms with Crippen LogP contribution >= 0.6 is 0 Å². The summed E-state index contributed by atoms with van der Waals surface area (Å²) in [5.74, 6) is 0. The number of hydrogen-bond donors (Lipinski definition) is 1. The number of hydrogen-bond acceptors (Lipinski definition) is 6. The highest BCUT2D eigenvalue weighted by atomic mass is 16.6. The van der Waals surface area contributed by atoms with Crippen molar-refractivity contribution in [2.45, 2.75) is 200 Å². The molecule has 0 amide bonds. The summed E-state index contributed by atoms with van der Waals surface area (Å²) in [6.45, 7) is 9.82. The molecular formula is C41H84O6. The lowest BCUT2D eigenvalue weighted by molar-refractivity contribution is -0.0698. The highest BCUT2D eigenvalue weighted by Crippen LogP contribution is 2.14. The Labute approximate surface area is 294 Å². The minimum atomic E-state index is -0.0171. The van der Waals surface area contributed by atoms with Crippen LogP contribution in [-0.4, -0.2) is 77.3 Å². The molecule has 6 nitrogen and oxygen atoms in total.